The maximum atomic E-state index is 14.8. The van der Waals surface area contributed by atoms with E-state index < -0.39 is 35.2 Å². The molecule has 0 saturated heterocycles. The lowest BCUT2D eigenvalue weighted by molar-refractivity contribution is -0.0581. The number of halogens is 1. The molecule has 8 atom stereocenters. The number of allylic oxidation sites excluding steroid dienone is 1. The first kappa shape index (κ1) is 34.6. The fourth-order valence-corrected chi connectivity index (χ4v) is 10.7. The number of benzene rings is 1. The molecule has 2 aromatic rings. The highest BCUT2D eigenvalue weighted by molar-refractivity contribution is 5.97. The van der Waals surface area contributed by atoms with Crippen LogP contribution in [0.2, 0.25) is 0 Å². The zero-order chi connectivity index (χ0) is 34.5. The van der Waals surface area contributed by atoms with Crippen LogP contribution in [0.25, 0.3) is 0 Å². The maximum Gasteiger partial charge on any atom is 0.422 e. The van der Waals surface area contributed by atoms with Crippen molar-refractivity contribution in [3.8, 4) is 0 Å². The van der Waals surface area contributed by atoms with Gasteiger partial charge in [0.15, 0.2) is 0 Å². The molecule has 0 spiro atoms. The number of aryl methyl sites for hydroxylation is 1. The fraction of sp³-hybridized carbons (Fsp3) is 0.650. The molecule has 0 N–H and O–H groups in total. The van der Waals surface area contributed by atoms with Gasteiger partial charge in [0.25, 0.3) is 11.5 Å². The van der Waals surface area contributed by atoms with Gasteiger partial charge in [0.1, 0.15) is 6.10 Å². The van der Waals surface area contributed by atoms with E-state index >= 15 is 0 Å². The zero-order valence-electron chi connectivity index (χ0n) is 29.6. The smallest absolute Gasteiger partial charge is 0.422 e. The van der Waals surface area contributed by atoms with Gasteiger partial charge in [0.2, 0.25) is 5.82 Å². The molecule has 1 aromatic heterocycles. The Bertz CT molecular complexity index is 1720. The standard InChI is InChI=1S/C40H53FN2O5/c1-24(2)10-9-12-26(4)31-16-17-32-30-15-14-27-22-28(18-20-39(27,5)33(30)19-21-40(31,32)6)48-38(47)42-23-34(41)36(45)43(37(42)46)35(44)29-13-8-7-11-25(29)3/h7-8,11,13-14,23-24,26,28,30-33H,9-10,12,15-22H2,1-6H3/t26?,28-,30?,31+,32-,33-,39?,40?/m0/s1. The van der Waals surface area contributed by atoms with Gasteiger partial charge in [-0.15, -0.1) is 0 Å². The van der Waals surface area contributed by atoms with Crippen molar-refractivity contribution in [2.75, 3.05) is 0 Å². The molecule has 260 valence electrons. The van der Waals surface area contributed by atoms with E-state index in [1.165, 1.54) is 56.6 Å². The third-order valence-electron chi connectivity index (χ3n) is 13.3. The van der Waals surface area contributed by atoms with Crippen molar-refractivity contribution in [1.29, 1.82) is 0 Å². The summed E-state index contributed by atoms with van der Waals surface area (Å²) in [4.78, 5) is 52.3. The Labute approximate surface area is 284 Å². The third-order valence-corrected chi connectivity index (χ3v) is 13.3. The van der Waals surface area contributed by atoms with Crippen LogP contribution in [0.5, 0.6) is 0 Å². The summed E-state index contributed by atoms with van der Waals surface area (Å²) in [7, 11) is 0. The van der Waals surface area contributed by atoms with Gasteiger partial charge in [-0.25, -0.2) is 9.59 Å². The molecule has 3 fully saturated rings. The average molecular weight is 661 g/mol. The molecule has 0 radical (unpaired) electrons. The predicted molar refractivity (Wildman–Crippen MR) is 185 cm³/mol. The molecule has 0 bridgehead atoms. The Morgan fingerprint density at radius 3 is 2.48 bits per heavy atom. The van der Waals surface area contributed by atoms with Crippen molar-refractivity contribution in [2.24, 2.45) is 46.3 Å². The molecule has 1 aromatic carbocycles. The highest BCUT2D eigenvalue weighted by Gasteiger charge is 2.59. The number of hydrogen-bond donors (Lipinski definition) is 0. The summed E-state index contributed by atoms with van der Waals surface area (Å²) < 4.78 is 21.2. The first-order valence-electron chi connectivity index (χ1n) is 18.3. The van der Waals surface area contributed by atoms with E-state index in [1.54, 1.807) is 25.1 Å². The second-order valence-corrected chi connectivity index (χ2v) is 16.4. The van der Waals surface area contributed by atoms with E-state index in [0.29, 0.717) is 46.4 Å². The Balaban J connectivity index is 1.16. The topological polar surface area (TPSA) is 87.4 Å². The number of ether oxygens (including phenoxy) is 1. The lowest BCUT2D eigenvalue weighted by Crippen LogP contribution is -2.51. The van der Waals surface area contributed by atoms with Crippen molar-refractivity contribution >= 4 is 12.0 Å². The molecular formula is C40H53FN2O5. The molecule has 48 heavy (non-hydrogen) atoms. The summed E-state index contributed by atoms with van der Waals surface area (Å²) in [6, 6.07) is 6.39. The average Bonchev–Trinajstić information content (AvgIpc) is 3.40. The summed E-state index contributed by atoms with van der Waals surface area (Å²) in [6.45, 7) is 13.8. The van der Waals surface area contributed by atoms with Crippen LogP contribution in [0.3, 0.4) is 0 Å². The lowest BCUT2D eigenvalue weighted by atomic mass is 9.47. The van der Waals surface area contributed by atoms with Crippen LogP contribution in [-0.2, 0) is 4.74 Å². The Hall–Kier alpha value is -3.29. The molecule has 6 rings (SSSR count). The van der Waals surface area contributed by atoms with Gasteiger partial charge < -0.3 is 4.74 Å². The monoisotopic (exact) mass is 660 g/mol. The Kier molecular flexibility index (Phi) is 9.51. The van der Waals surface area contributed by atoms with Crippen molar-refractivity contribution < 1.29 is 18.7 Å². The van der Waals surface area contributed by atoms with Gasteiger partial charge in [-0.1, -0.05) is 83.7 Å². The minimum absolute atomic E-state index is 0.0459. The minimum atomic E-state index is -1.40. The van der Waals surface area contributed by atoms with Crippen LogP contribution >= 0.6 is 0 Å². The number of aromatic nitrogens is 2. The second-order valence-electron chi connectivity index (χ2n) is 16.4. The molecule has 8 heteroatoms. The molecule has 1 heterocycles. The molecule has 0 aliphatic heterocycles. The number of carbonyl (C=O) groups excluding carboxylic acids is 2. The molecule has 0 amide bonds. The second kappa shape index (κ2) is 13.2. The van der Waals surface area contributed by atoms with Crippen LogP contribution in [-0.4, -0.2) is 27.2 Å². The largest absolute Gasteiger partial charge is 0.445 e. The van der Waals surface area contributed by atoms with E-state index in [-0.39, 0.29) is 15.5 Å². The van der Waals surface area contributed by atoms with Crippen LogP contribution in [0, 0.1) is 59.1 Å². The fourth-order valence-electron chi connectivity index (χ4n) is 10.7. The molecule has 4 unspecified atom stereocenters. The normalized spacial score (nSPS) is 31.8. The summed E-state index contributed by atoms with van der Waals surface area (Å²) in [5, 5.41) is 0. The van der Waals surface area contributed by atoms with E-state index in [1.807, 2.05) is 0 Å². The van der Waals surface area contributed by atoms with Crippen molar-refractivity contribution in [1.82, 2.24) is 9.13 Å². The van der Waals surface area contributed by atoms with Gasteiger partial charge in [0, 0.05) is 12.0 Å². The van der Waals surface area contributed by atoms with Gasteiger partial charge >= 0.3 is 11.8 Å². The SMILES string of the molecule is Cc1ccccc1C(=O)n1c(=O)c(F)cn(C(=O)O[C@H]2CCC3(C)C(=CCC4[C@@H]3CCC3(C)[C@@H](C(C)CCCC(C)C)CC[C@@H]43)C2)c1=O. The van der Waals surface area contributed by atoms with Crippen LogP contribution in [0.15, 0.2) is 51.7 Å². The first-order chi connectivity index (χ1) is 22.8. The van der Waals surface area contributed by atoms with E-state index in [9.17, 15) is 23.6 Å². The molecular weight excluding hydrogens is 607 g/mol. The summed E-state index contributed by atoms with van der Waals surface area (Å²) in [5.74, 6) is 2.01. The van der Waals surface area contributed by atoms with E-state index in [2.05, 4.69) is 40.7 Å². The summed E-state index contributed by atoms with van der Waals surface area (Å²) >= 11 is 0. The van der Waals surface area contributed by atoms with Gasteiger partial charge in [-0.3, -0.25) is 9.59 Å². The van der Waals surface area contributed by atoms with E-state index in [0.717, 1.165) is 36.5 Å². The quantitative estimate of drug-likeness (QED) is 0.278. The number of rotatable bonds is 7. The van der Waals surface area contributed by atoms with Crippen molar-refractivity contribution in [2.45, 2.75) is 118 Å². The molecule has 4 aliphatic rings. The Morgan fingerprint density at radius 2 is 1.75 bits per heavy atom. The van der Waals surface area contributed by atoms with Gasteiger partial charge in [-0.05, 0) is 110 Å². The minimum Gasteiger partial charge on any atom is -0.445 e. The maximum absolute atomic E-state index is 14.8. The Morgan fingerprint density at radius 1 is 1.00 bits per heavy atom. The summed E-state index contributed by atoms with van der Waals surface area (Å²) in [6.07, 6.45) is 13.7. The van der Waals surface area contributed by atoms with Crippen LogP contribution in [0.4, 0.5) is 9.18 Å². The van der Waals surface area contributed by atoms with E-state index in [4.69, 9.17) is 4.74 Å². The number of carbonyl (C=O) groups is 2. The number of fused-ring (bicyclic) bond motifs is 5. The summed E-state index contributed by atoms with van der Waals surface area (Å²) in [5.41, 5.74) is -0.270. The van der Waals surface area contributed by atoms with Gasteiger partial charge in [0.05, 0.1) is 6.20 Å². The predicted octanol–water partition coefficient (Wildman–Crippen LogP) is 8.54. The third kappa shape index (κ3) is 5.95. The van der Waals surface area contributed by atoms with Crippen molar-refractivity contribution in [3.05, 3.63) is 79.9 Å². The molecule has 7 nitrogen and oxygen atoms in total. The molecule has 3 saturated carbocycles. The number of hydrogen-bond acceptors (Lipinski definition) is 5. The van der Waals surface area contributed by atoms with Gasteiger partial charge in [-0.2, -0.15) is 13.5 Å². The van der Waals surface area contributed by atoms with Crippen molar-refractivity contribution in [3.63, 3.8) is 0 Å². The zero-order valence-corrected chi connectivity index (χ0v) is 29.6. The number of nitrogens with zero attached hydrogens (tertiary/aromatic N) is 2. The van der Waals surface area contributed by atoms with Crippen LogP contribution < -0.4 is 11.2 Å². The highest BCUT2D eigenvalue weighted by atomic mass is 19.1. The van der Waals surface area contributed by atoms with Crippen LogP contribution in [0.1, 0.15) is 121 Å². The lowest BCUT2D eigenvalue weighted by Gasteiger charge is -2.58. The highest BCUT2D eigenvalue weighted by Crippen LogP contribution is 2.67. The molecule has 4 aliphatic carbocycles. The first-order valence-corrected chi connectivity index (χ1v) is 18.3.